The normalized spacial score (nSPS) is 36.2. The highest BCUT2D eigenvalue weighted by Gasteiger charge is 2.27. The summed E-state index contributed by atoms with van der Waals surface area (Å²) in [6.07, 6.45) is 6.31. The molecule has 2 aliphatic rings. The second-order valence-electron chi connectivity index (χ2n) is 4.93. The summed E-state index contributed by atoms with van der Waals surface area (Å²) in [5.41, 5.74) is 0. The second-order valence-corrected chi connectivity index (χ2v) is 6.87. The van der Waals surface area contributed by atoms with Crippen LogP contribution in [0, 0.1) is 0 Å². The summed E-state index contributed by atoms with van der Waals surface area (Å²) in [6.45, 7) is 2.94. The molecule has 0 aromatic rings. The molecule has 0 aromatic carbocycles. The van der Waals surface area contributed by atoms with Gasteiger partial charge in [-0.05, 0) is 19.3 Å². The number of ether oxygens (including phenoxy) is 1. The number of nitrogens with one attached hydrogen (secondary N) is 1. The van der Waals surface area contributed by atoms with Crippen LogP contribution in [0.25, 0.3) is 0 Å². The van der Waals surface area contributed by atoms with Gasteiger partial charge < -0.3 is 10.1 Å². The Hall–Kier alpha value is -0.390. The van der Waals surface area contributed by atoms with E-state index >= 15 is 0 Å². The van der Waals surface area contributed by atoms with Crippen molar-refractivity contribution in [3.05, 3.63) is 11.5 Å². The van der Waals surface area contributed by atoms with Crippen LogP contribution in [0.5, 0.6) is 0 Å². The predicted molar refractivity (Wildman–Crippen MR) is 67.5 cm³/mol. The van der Waals surface area contributed by atoms with E-state index in [1.165, 1.54) is 5.41 Å². The molecule has 5 heteroatoms. The van der Waals surface area contributed by atoms with E-state index in [0.717, 1.165) is 32.3 Å². The molecule has 3 unspecified atom stereocenters. The zero-order valence-electron chi connectivity index (χ0n) is 10.3. The largest absolute Gasteiger partial charge is 0.378 e. The van der Waals surface area contributed by atoms with Gasteiger partial charge in [0.2, 0.25) is 0 Å². The molecule has 4 nitrogen and oxygen atoms in total. The van der Waals surface area contributed by atoms with Crippen molar-refractivity contribution < 1.29 is 13.2 Å². The van der Waals surface area contributed by atoms with Gasteiger partial charge in [-0.15, -0.1) is 0 Å². The first-order chi connectivity index (χ1) is 8.09. The molecule has 2 heterocycles. The molecule has 0 aliphatic carbocycles. The van der Waals surface area contributed by atoms with Gasteiger partial charge >= 0.3 is 0 Å². The van der Waals surface area contributed by atoms with Crippen molar-refractivity contribution in [1.29, 1.82) is 0 Å². The van der Waals surface area contributed by atoms with E-state index < -0.39 is 9.84 Å². The van der Waals surface area contributed by atoms with E-state index in [1.807, 2.05) is 0 Å². The maximum Gasteiger partial charge on any atom is 0.173 e. The Morgan fingerprint density at radius 2 is 2.29 bits per heavy atom. The van der Waals surface area contributed by atoms with Gasteiger partial charge in [0, 0.05) is 24.1 Å². The van der Waals surface area contributed by atoms with E-state index in [-0.39, 0.29) is 11.8 Å². The molecule has 0 radical (unpaired) electrons. The minimum atomic E-state index is -2.94. The van der Waals surface area contributed by atoms with E-state index in [4.69, 9.17) is 4.74 Å². The summed E-state index contributed by atoms with van der Waals surface area (Å²) in [5.74, 6) is 0.211. The molecule has 98 valence electrons. The van der Waals surface area contributed by atoms with E-state index in [9.17, 15) is 8.42 Å². The summed E-state index contributed by atoms with van der Waals surface area (Å²) < 4.78 is 28.3. The lowest BCUT2D eigenvalue weighted by Gasteiger charge is -2.31. The fourth-order valence-corrected chi connectivity index (χ4v) is 3.79. The summed E-state index contributed by atoms with van der Waals surface area (Å²) in [6, 6.07) is 0.383. The standard InChI is InChI=1S/C12H21NO3S/c1-2-3-12-8-10(4-6-16-12)13-11-5-7-17(14,15)9-11/h5,7,10-13H,2-4,6,8-9H2,1H3. The van der Waals surface area contributed by atoms with Gasteiger partial charge in [-0.2, -0.15) is 0 Å². The third kappa shape index (κ3) is 3.79. The van der Waals surface area contributed by atoms with Crippen LogP contribution in [0.15, 0.2) is 11.5 Å². The Kier molecular flexibility index (Phi) is 4.22. The topological polar surface area (TPSA) is 55.4 Å². The molecule has 0 amide bonds. The maximum absolute atomic E-state index is 11.3. The quantitative estimate of drug-likeness (QED) is 0.825. The fraction of sp³-hybridized carbons (Fsp3) is 0.833. The maximum atomic E-state index is 11.3. The van der Waals surface area contributed by atoms with Crippen LogP contribution in [-0.4, -0.2) is 39.0 Å². The van der Waals surface area contributed by atoms with Crippen molar-refractivity contribution in [2.45, 2.75) is 50.8 Å². The average molecular weight is 259 g/mol. The van der Waals surface area contributed by atoms with E-state index in [1.54, 1.807) is 6.08 Å². The zero-order valence-corrected chi connectivity index (χ0v) is 11.1. The zero-order chi connectivity index (χ0) is 12.3. The van der Waals surface area contributed by atoms with Crippen LogP contribution in [0.4, 0.5) is 0 Å². The molecular weight excluding hydrogens is 238 g/mol. The van der Waals surface area contributed by atoms with Crippen molar-refractivity contribution in [3.63, 3.8) is 0 Å². The first-order valence-electron chi connectivity index (χ1n) is 6.37. The minimum Gasteiger partial charge on any atom is -0.378 e. The second kappa shape index (κ2) is 5.50. The van der Waals surface area contributed by atoms with Crippen LogP contribution in [0.2, 0.25) is 0 Å². The van der Waals surface area contributed by atoms with Crippen molar-refractivity contribution in [2.24, 2.45) is 0 Å². The van der Waals surface area contributed by atoms with Crippen LogP contribution in [-0.2, 0) is 14.6 Å². The monoisotopic (exact) mass is 259 g/mol. The summed E-state index contributed by atoms with van der Waals surface area (Å²) in [7, 11) is -2.94. The van der Waals surface area contributed by atoms with E-state index in [0.29, 0.717) is 12.1 Å². The first kappa shape index (κ1) is 13.1. The molecule has 3 atom stereocenters. The predicted octanol–water partition coefficient (Wildman–Crippen LogP) is 1.23. The lowest BCUT2D eigenvalue weighted by molar-refractivity contribution is -0.00381. The lowest BCUT2D eigenvalue weighted by Crippen LogP contribution is -2.44. The van der Waals surface area contributed by atoms with Crippen LogP contribution >= 0.6 is 0 Å². The lowest BCUT2D eigenvalue weighted by atomic mass is 9.99. The summed E-state index contributed by atoms with van der Waals surface area (Å²) in [5, 5.41) is 4.74. The van der Waals surface area contributed by atoms with Gasteiger partial charge in [0.1, 0.15) is 0 Å². The molecule has 0 saturated carbocycles. The summed E-state index contributed by atoms with van der Waals surface area (Å²) >= 11 is 0. The van der Waals surface area contributed by atoms with Gasteiger partial charge in [0.15, 0.2) is 9.84 Å². The Balaban J connectivity index is 1.81. The fourth-order valence-electron chi connectivity index (χ4n) is 2.54. The van der Waals surface area contributed by atoms with Crippen molar-refractivity contribution in [3.8, 4) is 0 Å². The van der Waals surface area contributed by atoms with Gasteiger partial charge in [0.05, 0.1) is 11.9 Å². The van der Waals surface area contributed by atoms with Crippen molar-refractivity contribution >= 4 is 9.84 Å². The number of rotatable bonds is 4. The van der Waals surface area contributed by atoms with Gasteiger partial charge in [-0.1, -0.05) is 19.4 Å². The van der Waals surface area contributed by atoms with Crippen LogP contribution < -0.4 is 5.32 Å². The van der Waals surface area contributed by atoms with Crippen LogP contribution in [0.1, 0.15) is 32.6 Å². The Labute approximate surface area is 103 Å². The number of sulfone groups is 1. The molecule has 2 aliphatic heterocycles. The molecule has 2 rings (SSSR count). The first-order valence-corrected chi connectivity index (χ1v) is 8.09. The molecular formula is C12H21NO3S. The third-order valence-corrected chi connectivity index (χ3v) is 4.75. The highest BCUT2D eigenvalue weighted by molar-refractivity contribution is 7.94. The molecule has 1 N–H and O–H groups in total. The summed E-state index contributed by atoms with van der Waals surface area (Å²) in [4.78, 5) is 0. The van der Waals surface area contributed by atoms with Crippen LogP contribution in [0.3, 0.4) is 0 Å². The Morgan fingerprint density at radius 1 is 1.47 bits per heavy atom. The van der Waals surface area contributed by atoms with Crippen molar-refractivity contribution in [2.75, 3.05) is 12.4 Å². The molecule has 0 spiro atoms. The third-order valence-electron chi connectivity index (χ3n) is 3.36. The minimum absolute atomic E-state index is 0.00891. The SMILES string of the molecule is CCCC1CC(NC2C=CS(=O)(=O)C2)CCO1. The highest BCUT2D eigenvalue weighted by atomic mass is 32.2. The van der Waals surface area contributed by atoms with Gasteiger partial charge in [0.25, 0.3) is 0 Å². The molecule has 1 saturated heterocycles. The Morgan fingerprint density at radius 3 is 2.94 bits per heavy atom. The average Bonchev–Trinajstić information content (AvgIpc) is 2.59. The Bertz CT molecular complexity index is 375. The van der Waals surface area contributed by atoms with Gasteiger partial charge in [-0.25, -0.2) is 8.42 Å². The van der Waals surface area contributed by atoms with E-state index in [2.05, 4.69) is 12.2 Å². The molecule has 0 aromatic heterocycles. The molecule has 17 heavy (non-hydrogen) atoms. The van der Waals surface area contributed by atoms with Crippen molar-refractivity contribution in [1.82, 2.24) is 5.32 Å². The molecule has 1 fully saturated rings. The molecule has 0 bridgehead atoms. The smallest absolute Gasteiger partial charge is 0.173 e. The highest BCUT2D eigenvalue weighted by Crippen LogP contribution is 2.19. The number of hydrogen-bond acceptors (Lipinski definition) is 4. The number of hydrogen-bond donors (Lipinski definition) is 1. The van der Waals surface area contributed by atoms with Gasteiger partial charge in [-0.3, -0.25) is 0 Å².